The second-order valence-corrected chi connectivity index (χ2v) is 5.67. The van der Waals surface area contributed by atoms with Crippen molar-refractivity contribution in [1.29, 1.82) is 0 Å². The molecular formula is C15H19N3O2. The molecule has 0 spiro atoms. The Morgan fingerprint density at radius 1 is 1.40 bits per heavy atom. The summed E-state index contributed by atoms with van der Waals surface area (Å²) >= 11 is 0. The molecule has 20 heavy (non-hydrogen) atoms. The van der Waals surface area contributed by atoms with E-state index in [2.05, 4.69) is 9.97 Å². The maximum atomic E-state index is 12.4. The van der Waals surface area contributed by atoms with Gasteiger partial charge in [-0.2, -0.15) is 0 Å². The predicted molar refractivity (Wildman–Crippen MR) is 75.0 cm³/mol. The van der Waals surface area contributed by atoms with Gasteiger partial charge in [-0.25, -0.2) is 9.97 Å². The van der Waals surface area contributed by atoms with Crippen LogP contribution in [0, 0.1) is 6.92 Å². The lowest BCUT2D eigenvalue weighted by Crippen LogP contribution is -2.24. The Morgan fingerprint density at radius 3 is 2.90 bits per heavy atom. The standard InChI is InChI=1S/C15H19N3O2/c1-9(2)14-17-10(3)13(20-14)7-18-8-16-12-6-4-5-11(12)15(18)19/h8-9H,4-7H2,1-3H3. The van der Waals surface area contributed by atoms with Gasteiger partial charge in [0, 0.05) is 11.5 Å². The first-order valence-electron chi connectivity index (χ1n) is 7.09. The molecule has 0 aliphatic heterocycles. The lowest BCUT2D eigenvalue weighted by molar-refractivity contribution is 0.423. The van der Waals surface area contributed by atoms with Gasteiger partial charge in [-0.3, -0.25) is 9.36 Å². The highest BCUT2D eigenvalue weighted by molar-refractivity contribution is 5.22. The summed E-state index contributed by atoms with van der Waals surface area (Å²) in [5, 5.41) is 0. The third-order valence-corrected chi connectivity index (χ3v) is 3.78. The van der Waals surface area contributed by atoms with Crippen molar-refractivity contribution in [2.45, 2.75) is 52.5 Å². The van der Waals surface area contributed by atoms with E-state index in [4.69, 9.17) is 4.42 Å². The van der Waals surface area contributed by atoms with Gasteiger partial charge in [0.1, 0.15) is 5.76 Å². The molecule has 0 saturated carbocycles. The topological polar surface area (TPSA) is 60.9 Å². The van der Waals surface area contributed by atoms with E-state index in [-0.39, 0.29) is 11.5 Å². The maximum Gasteiger partial charge on any atom is 0.257 e. The number of aryl methyl sites for hydroxylation is 2. The number of hydrogen-bond acceptors (Lipinski definition) is 4. The van der Waals surface area contributed by atoms with Crippen LogP contribution in [0.3, 0.4) is 0 Å². The minimum atomic E-state index is 0.0643. The molecule has 0 saturated heterocycles. The Morgan fingerprint density at radius 2 is 2.20 bits per heavy atom. The molecule has 0 bridgehead atoms. The van der Waals surface area contributed by atoms with Crippen LogP contribution in [0.5, 0.6) is 0 Å². The Bertz CT molecular complexity index is 698. The Balaban J connectivity index is 1.94. The lowest BCUT2D eigenvalue weighted by Gasteiger charge is -2.06. The summed E-state index contributed by atoms with van der Waals surface area (Å²) in [6.07, 6.45) is 4.42. The second kappa shape index (κ2) is 4.89. The molecule has 0 radical (unpaired) electrons. The minimum absolute atomic E-state index is 0.0643. The Labute approximate surface area is 117 Å². The summed E-state index contributed by atoms with van der Waals surface area (Å²) < 4.78 is 7.38. The van der Waals surface area contributed by atoms with Crippen molar-refractivity contribution >= 4 is 0 Å². The van der Waals surface area contributed by atoms with Gasteiger partial charge < -0.3 is 4.42 Å². The number of nitrogens with zero attached hydrogens (tertiary/aromatic N) is 3. The Hall–Kier alpha value is -1.91. The summed E-state index contributed by atoms with van der Waals surface area (Å²) in [5.41, 5.74) is 2.74. The molecule has 1 aliphatic carbocycles. The average molecular weight is 273 g/mol. The molecule has 0 aromatic carbocycles. The smallest absolute Gasteiger partial charge is 0.257 e. The maximum absolute atomic E-state index is 12.4. The fraction of sp³-hybridized carbons (Fsp3) is 0.533. The average Bonchev–Trinajstić information content (AvgIpc) is 3.00. The monoisotopic (exact) mass is 273 g/mol. The molecule has 5 nitrogen and oxygen atoms in total. The number of hydrogen-bond donors (Lipinski definition) is 0. The van der Waals surface area contributed by atoms with E-state index in [0.717, 1.165) is 47.9 Å². The minimum Gasteiger partial charge on any atom is -0.443 e. The van der Waals surface area contributed by atoms with E-state index in [0.29, 0.717) is 6.54 Å². The first kappa shape index (κ1) is 13.1. The molecule has 5 heteroatoms. The van der Waals surface area contributed by atoms with Crippen molar-refractivity contribution in [3.05, 3.63) is 45.3 Å². The Kier molecular flexibility index (Phi) is 3.20. The van der Waals surface area contributed by atoms with Crippen molar-refractivity contribution < 1.29 is 4.42 Å². The van der Waals surface area contributed by atoms with Crippen molar-refractivity contribution in [3.8, 4) is 0 Å². The zero-order chi connectivity index (χ0) is 14.3. The first-order chi connectivity index (χ1) is 9.56. The van der Waals surface area contributed by atoms with Gasteiger partial charge in [-0.05, 0) is 26.2 Å². The van der Waals surface area contributed by atoms with Crippen LogP contribution in [-0.4, -0.2) is 14.5 Å². The molecule has 1 aliphatic rings. The number of fused-ring (bicyclic) bond motifs is 1. The van der Waals surface area contributed by atoms with Gasteiger partial charge in [0.2, 0.25) is 0 Å². The lowest BCUT2D eigenvalue weighted by atomic mass is 10.2. The van der Waals surface area contributed by atoms with Crippen LogP contribution in [0.1, 0.15) is 54.8 Å². The van der Waals surface area contributed by atoms with Gasteiger partial charge >= 0.3 is 0 Å². The van der Waals surface area contributed by atoms with Crippen molar-refractivity contribution in [1.82, 2.24) is 14.5 Å². The quantitative estimate of drug-likeness (QED) is 0.860. The van der Waals surface area contributed by atoms with Crippen LogP contribution < -0.4 is 5.56 Å². The number of oxazole rings is 1. The molecular weight excluding hydrogens is 254 g/mol. The van der Waals surface area contributed by atoms with Crippen molar-refractivity contribution in [2.75, 3.05) is 0 Å². The largest absolute Gasteiger partial charge is 0.443 e. The van der Waals surface area contributed by atoms with E-state index in [1.165, 1.54) is 0 Å². The molecule has 2 aromatic heterocycles. The van der Waals surface area contributed by atoms with Crippen molar-refractivity contribution in [2.24, 2.45) is 0 Å². The second-order valence-electron chi connectivity index (χ2n) is 5.67. The SMILES string of the molecule is Cc1nc(C(C)C)oc1Cn1cnc2c(c1=O)CCC2. The van der Waals surface area contributed by atoms with Gasteiger partial charge in [0.05, 0.1) is 24.3 Å². The van der Waals surface area contributed by atoms with Crippen LogP contribution in [-0.2, 0) is 19.4 Å². The van der Waals surface area contributed by atoms with Gasteiger partial charge in [-0.15, -0.1) is 0 Å². The molecule has 0 N–H and O–H groups in total. The summed E-state index contributed by atoms with van der Waals surface area (Å²) in [6.45, 7) is 6.40. The van der Waals surface area contributed by atoms with E-state index in [1.807, 2.05) is 20.8 Å². The molecule has 0 fully saturated rings. The first-order valence-corrected chi connectivity index (χ1v) is 7.09. The van der Waals surface area contributed by atoms with Crippen LogP contribution in [0.25, 0.3) is 0 Å². The van der Waals surface area contributed by atoms with E-state index >= 15 is 0 Å². The third kappa shape index (κ3) is 2.17. The van der Waals surface area contributed by atoms with Gasteiger partial charge in [-0.1, -0.05) is 13.8 Å². The molecule has 3 rings (SSSR count). The fourth-order valence-corrected chi connectivity index (χ4v) is 2.58. The summed E-state index contributed by atoms with van der Waals surface area (Å²) in [4.78, 5) is 21.2. The van der Waals surface area contributed by atoms with Gasteiger partial charge in [0.25, 0.3) is 5.56 Å². The van der Waals surface area contributed by atoms with E-state index in [9.17, 15) is 4.79 Å². The van der Waals surface area contributed by atoms with Crippen LogP contribution in [0.2, 0.25) is 0 Å². The highest BCUT2D eigenvalue weighted by Crippen LogP contribution is 2.19. The zero-order valence-corrected chi connectivity index (χ0v) is 12.1. The molecule has 0 atom stereocenters. The zero-order valence-electron chi connectivity index (χ0n) is 12.1. The van der Waals surface area contributed by atoms with Crippen LogP contribution >= 0.6 is 0 Å². The van der Waals surface area contributed by atoms with Crippen LogP contribution in [0.4, 0.5) is 0 Å². The molecule has 0 amide bonds. The third-order valence-electron chi connectivity index (χ3n) is 3.78. The summed E-state index contributed by atoms with van der Waals surface area (Å²) in [5.74, 6) is 1.72. The summed E-state index contributed by atoms with van der Waals surface area (Å²) in [7, 11) is 0. The molecule has 2 heterocycles. The molecule has 106 valence electrons. The number of aromatic nitrogens is 3. The number of rotatable bonds is 3. The summed E-state index contributed by atoms with van der Waals surface area (Å²) in [6, 6.07) is 0. The molecule has 2 aromatic rings. The van der Waals surface area contributed by atoms with E-state index < -0.39 is 0 Å². The normalized spacial score (nSPS) is 14.0. The van der Waals surface area contributed by atoms with E-state index in [1.54, 1.807) is 10.9 Å². The molecule has 0 unspecified atom stereocenters. The predicted octanol–water partition coefficient (Wildman–Crippen LogP) is 2.20. The van der Waals surface area contributed by atoms with Crippen LogP contribution in [0.15, 0.2) is 15.5 Å². The highest BCUT2D eigenvalue weighted by Gasteiger charge is 2.19. The fourth-order valence-electron chi connectivity index (χ4n) is 2.58. The highest BCUT2D eigenvalue weighted by atomic mass is 16.4. The van der Waals surface area contributed by atoms with Crippen molar-refractivity contribution in [3.63, 3.8) is 0 Å². The van der Waals surface area contributed by atoms with Gasteiger partial charge in [0.15, 0.2) is 5.89 Å².